The zero-order valence-electron chi connectivity index (χ0n) is 16.4. The van der Waals surface area contributed by atoms with Crippen molar-refractivity contribution >= 4 is 17.2 Å². The average Bonchev–Trinajstić information content (AvgIpc) is 3.36. The molecule has 2 aliphatic rings. The summed E-state index contributed by atoms with van der Waals surface area (Å²) in [5.74, 6) is 0.341. The maximum absolute atomic E-state index is 14.5. The smallest absolute Gasteiger partial charge is 0.132 e. The van der Waals surface area contributed by atoms with Crippen LogP contribution in [0.15, 0.2) is 42.5 Å². The van der Waals surface area contributed by atoms with E-state index >= 15 is 0 Å². The molecule has 0 unspecified atom stereocenters. The van der Waals surface area contributed by atoms with E-state index in [1.54, 1.807) is 12.1 Å². The molecule has 4 rings (SSSR count). The van der Waals surface area contributed by atoms with E-state index < -0.39 is 0 Å². The van der Waals surface area contributed by atoms with E-state index in [1.807, 2.05) is 6.07 Å². The van der Waals surface area contributed by atoms with Crippen molar-refractivity contribution in [1.29, 1.82) is 0 Å². The van der Waals surface area contributed by atoms with E-state index in [0.717, 1.165) is 12.0 Å². The highest BCUT2D eigenvalue weighted by Gasteiger charge is 2.36. The van der Waals surface area contributed by atoms with Crippen molar-refractivity contribution in [1.82, 2.24) is 0 Å². The van der Waals surface area contributed by atoms with Crippen molar-refractivity contribution in [3.63, 3.8) is 0 Å². The minimum Gasteiger partial charge on any atom is -0.365 e. The van der Waals surface area contributed by atoms with Gasteiger partial charge < -0.3 is 4.74 Å². The Morgan fingerprint density at radius 1 is 1.00 bits per heavy atom. The molecule has 1 aliphatic heterocycles. The van der Waals surface area contributed by atoms with Crippen LogP contribution in [-0.4, -0.2) is 11.2 Å². The molecule has 1 aliphatic carbocycles. The fourth-order valence-electron chi connectivity index (χ4n) is 4.36. The Morgan fingerprint density at radius 2 is 1.74 bits per heavy atom. The Kier molecular flexibility index (Phi) is 4.48. The van der Waals surface area contributed by atoms with Crippen molar-refractivity contribution in [2.75, 3.05) is 0 Å². The molecule has 0 bridgehead atoms. The summed E-state index contributed by atoms with van der Waals surface area (Å²) in [7, 11) is 0. The van der Waals surface area contributed by atoms with Gasteiger partial charge in [0.05, 0.1) is 11.2 Å². The predicted molar refractivity (Wildman–Crippen MR) is 111 cm³/mol. The number of benzene rings is 2. The SMILES string of the molecule is CC1(C)C=C(c2cc(-c3ccc(Cl)cc3F)ccc2C2CC2)CC(C)(C)O1. The highest BCUT2D eigenvalue weighted by Crippen LogP contribution is 2.47. The summed E-state index contributed by atoms with van der Waals surface area (Å²) in [6.45, 7) is 8.49. The van der Waals surface area contributed by atoms with Crippen LogP contribution in [0.2, 0.25) is 5.02 Å². The predicted octanol–water partition coefficient (Wildman–Crippen LogP) is 7.38. The molecular weight excluding hydrogens is 359 g/mol. The molecule has 1 fully saturated rings. The van der Waals surface area contributed by atoms with Gasteiger partial charge in [0.25, 0.3) is 0 Å². The second-order valence-corrected chi connectivity index (χ2v) is 9.45. The van der Waals surface area contributed by atoms with Gasteiger partial charge in [-0.05, 0) is 99.1 Å². The van der Waals surface area contributed by atoms with E-state index in [0.29, 0.717) is 16.5 Å². The largest absolute Gasteiger partial charge is 0.365 e. The monoisotopic (exact) mass is 384 g/mol. The molecule has 142 valence electrons. The molecule has 3 heteroatoms. The molecule has 0 aromatic heterocycles. The van der Waals surface area contributed by atoms with E-state index in [9.17, 15) is 4.39 Å². The standard InChI is InChI=1S/C24H26ClFO/c1-23(2)13-17(14-24(3,4)27-23)21-11-16(7-9-19(21)15-5-6-15)20-10-8-18(25)12-22(20)26/h7-13,15H,5-6,14H2,1-4H3. The average molecular weight is 385 g/mol. The third kappa shape index (κ3) is 3.97. The highest BCUT2D eigenvalue weighted by atomic mass is 35.5. The molecule has 2 aromatic carbocycles. The molecule has 0 amide bonds. The van der Waals surface area contributed by atoms with Gasteiger partial charge in [-0.3, -0.25) is 0 Å². The maximum Gasteiger partial charge on any atom is 0.132 e. The Morgan fingerprint density at radius 3 is 2.37 bits per heavy atom. The maximum atomic E-state index is 14.5. The van der Waals surface area contributed by atoms with E-state index in [4.69, 9.17) is 16.3 Å². The van der Waals surface area contributed by atoms with Gasteiger partial charge in [-0.1, -0.05) is 23.7 Å². The van der Waals surface area contributed by atoms with E-state index in [-0.39, 0.29) is 17.0 Å². The summed E-state index contributed by atoms with van der Waals surface area (Å²) >= 11 is 5.93. The van der Waals surface area contributed by atoms with Gasteiger partial charge in [0.2, 0.25) is 0 Å². The molecule has 1 saturated carbocycles. The van der Waals surface area contributed by atoms with Crippen molar-refractivity contribution in [3.05, 3.63) is 64.4 Å². The lowest BCUT2D eigenvalue weighted by Gasteiger charge is -2.40. The number of hydrogen-bond acceptors (Lipinski definition) is 1. The number of rotatable bonds is 3. The summed E-state index contributed by atoms with van der Waals surface area (Å²) in [5.41, 5.74) is 4.87. The van der Waals surface area contributed by atoms with Crippen LogP contribution in [0.4, 0.5) is 4.39 Å². The minimum atomic E-state index is -0.320. The fraction of sp³-hybridized carbons (Fsp3) is 0.417. The van der Waals surface area contributed by atoms with Gasteiger partial charge in [-0.25, -0.2) is 4.39 Å². The summed E-state index contributed by atoms with van der Waals surface area (Å²) < 4.78 is 20.7. The molecule has 1 heterocycles. The van der Waals surface area contributed by atoms with Gasteiger partial charge in [-0.2, -0.15) is 0 Å². The third-order valence-electron chi connectivity index (χ3n) is 5.34. The number of halogens is 2. The van der Waals surface area contributed by atoms with Crippen LogP contribution >= 0.6 is 11.6 Å². The van der Waals surface area contributed by atoms with E-state index in [2.05, 4.69) is 45.9 Å². The normalized spacial score (nSPS) is 21.0. The van der Waals surface area contributed by atoms with Crippen LogP contribution in [0.1, 0.15) is 64.0 Å². The van der Waals surface area contributed by atoms with Crippen molar-refractivity contribution < 1.29 is 9.13 Å². The van der Waals surface area contributed by atoms with Gasteiger partial charge in [-0.15, -0.1) is 0 Å². The first-order chi connectivity index (χ1) is 12.6. The van der Waals surface area contributed by atoms with Crippen LogP contribution in [0, 0.1) is 5.82 Å². The van der Waals surface area contributed by atoms with E-state index in [1.165, 1.54) is 35.6 Å². The van der Waals surface area contributed by atoms with Gasteiger partial charge in [0, 0.05) is 17.0 Å². The summed E-state index contributed by atoms with van der Waals surface area (Å²) in [6, 6.07) is 11.3. The van der Waals surface area contributed by atoms with Gasteiger partial charge in [0.15, 0.2) is 0 Å². The number of ether oxygens (including phenoxy) is 1. The lowest BCUT2D eigenvalue weighted by atomic mass is 9.82. The second kappa shape index (κ2) is 6.46. The molecule has 0 spiro atoms. The first kappa shape index (κ1) is 18.7. The Labute approximate surface area is 166 Å². The summed E-state index contributed by atoms with van der Waals surface area (Å²) in [4.78, 5) is 0. The topological polar surface area (TPSA) is 9.23 Å². The molecule has 0 saturated heterocycles. The number of hydrogen-bond donors (Lipinski definition) is 0. The molecule has 1 nitrogen and oxygen atoms in total. The lowest BCUT2D eigenvalue weighted by Crippen LogP contribution is -2.39. The quantitative estimate of drug-likeness (QED) is 0.536. The van der Waals surface area contributed by atoms with Crippen molar-refractivity contribution in [3.8, 4) is 11.1 Å². The zero-order valence-corrected chi connectivity index (χ0v) is 17.2. The van der Waals surface area contributed by atoms with Crippen molar-refractivity contribution in [2.24, 2.45) is 0 Å². The summed E-state index contributed by atoms with van der Waals surface area (Å²) in [6.07, 6.45) is 5.56. The summed E-state index contributed by atoms with van der Waals surface area (Å²) in [5, 5.41) is 0.418. The third-order valence-corrected chi connectivity index (χ3v) is 5.57. The van der Waals surface area contributed by atoms with Crippen LogP contribution in [-0.2, 0) is 4.74 Å². The Bertz CT molecular complexity index is 922. The molecule has 2 aromatic rings. The lowest BCUT2D eigenvalue weighted by molar-refractivity contribution is -0.100. The molecule has 0 N–H and O–H groups in total. The fourth-order valence-corrected chi connectivity index (χ4v) is 4.51. The second-order valence-electron chi connectivity index (χ2n) is 9.01. The Hall–Kier alpha value is -1.64. The van der Waals surface area contributed by atoms with Gasteiger partial charge >= 0.3 is 0 Å². The van der Waals surface area contributed by atoms with Crippen molar-refractivity contribution in [2.45, 2.75) is 64.1 Å². The molecular formula is C24H26ClFO. The minimum absolute atomic E-state index is 0.226. The molecule has 27 heavy (non-hydrogen) atoms. The highest BCUT2D eigenvalue weighted by molar-refractivity contribution is 6.30. The Balaban J connectivity index is 1.85. The van der Waals surface area contributed by atoms with Crippen LogP contribution in [0.5, 0.6) is 0 Å². The molecule has 0 atom stereocenters. The van der Waals surface area contributed by atoms with Gasteiger partial charge in [0.1, 0.15) is 5.82 Å². The molecule has 0 radical (unpaired) electrons. The first-order valence-corrected chi connectivity index (χ1v) is 10.0. The zero-order chi connectivity index (χ0) is 19.4. The van der Waals surface area contributed by atoms with Crippen LogP contribution < -0.4 is 0 Å². The van der Waals surface area contributed by atoms with Crippen LogP contribution in [0.3, 0.4) is 0 Å². The first-order valence-electron chi connectivity index (χ1n) is 9.65. The van der Waals surface area contributed by atoms with Crippen LogP contribution in [0.25, 0.3) is 16.7 Å².